The number of hydrazine groups is 1. The molecule has 0 saturated carbocycles. The Hall–Kier alpha value is -0.610. The summed E-state index contributed by atoms with van der Waals surface area (Å²) in [6.45, 7) is 2.51. The van der Waals surface area contributed by atoms with Gasteiger partial charge in [0, 0.05) is 20.5 Å². The fourth-order valence-electron chi connectivity index (χ4n) is 0.695. The molecule has 0 aromatic heterocycles. The van der Waals surface area contributed by atoms with E-state index in [4.69, 9.17) is 5.73 Å². The van der Waals surface area contributed by atoms with Gasteiger partial charge >= 0.3 is 0 Å². The maximum absolute atomic E-state index is 11.0. The Balaban J connectivity index is 3.52. The van der Waals surface area contributed by atoms with Crippen LogP contribution in [-0.2, 0) is 4.79 Å². The van der Waals surface area contributed by atoms with Crippen molar-refractivity contribution in [1.29, 1.82) is 0 Å². The summed E-state index contributed by atoms with van der Waals surface area (Å²) in [5, 5.41) is 1.63. The molecule has 66 valence electrons. The Morgan fingerprint density at radius 1 is 1.64 bits per heavy atom. The standard InChI is InChI=1S/C7H17N3O/c1-6(5-8)4-7(11)9-10(2)3/h6H,4-5,8H2,1-3H3,(H,9,11). The quantitative estimate of drug-likeness (QED) is 0.547. The number of hydrogen-bond donors (Lipinski definition) is 2. The average Bonchev–Trinajstić information content (AvgIpc) is 1.85. The number of hydrogen-bond acceptors (Lipinski definition) is 3. The number of carbonyl (C=O) groups excluding carboxylic acids is 1. The molecule has 0 fully saturated rings. The SMILES string of the molecule is CC(CN)CC(=O)NN(C)C. The lowest BCUT2D eigenvalue weighted by molar-refractivity contribution is -0.125. The Morgan fingerprint density at radius 2 is 2.18 bits per heavy atom. The van der Waals surface area contributed by atoms with Gasteiger partial charge in [-0.3, -0.25) is 10.2 Å². The maximum atomic E-state index is 11.0. The normalized spacial score (nSPS) is 13.2. The van der Waals surface area contributed by atoms with Crippen LogP contribution in [0.1, 0.15) is 13.3 Å². The van der Waals surface area contributed by atoms with Crippen molar-refractivity contribution in [1.82, 2.24) is 10.4 Å². The van der Waals surface area contributed by atoms with Gasteiger partial charge in [0.25, 0.3) is 0 Å². The Labute approximate surface area is 67.7 Å². The first-order chi connectivity index (χ1) is 5.06. The third-order valence-corrected chi connectivity index (χ3v) is 1.28. The minimum atomic E-state index is 0.0213. The molecule has 0 aliphatic carbocycles. The number of nitrogens with zero attached hydrogens (tertiary/aromatic N) is 1. The van der Waals surface area contributed by atoms with Crippen LogP contribution in [0.25, 0.3) is 0 Å². The van der Waals surface area contributed by atoms with E-state index < -0.39 is 0 Å². The van der Waals surface area contributed by atoms with Gasteiger partial charge in [-0.15, -0.1) is 0 Å². The lowest BCUT2D eigenvalue weighted by Crippen LogP contribution is -2.37. The minimum absolute atomic E-state index is 0.0213. The first-order valence-corrected chi connectivity index (χ1v) is 3.73. The van der Waals surface area contributed by atoms with Crippen molar-refractivity contribution in [3.05, 3.63) is 0 Å². The molecule has 0 aliphatic rings. The van der Waals surface area contributed by atoms with E-state index in [9.17, 15) is 4.79 Å². The first kappa shape index (κ1) is 10.4. The van der Waals surface area contributed by atoms with E-state index >= 15 is 0 Å². The molecule has 0 aromatic rings. The van der Waals surface area contributed by atoms with E-state index in [2.05, 4.69) is 5.43 Å². The summed E-state index contributed by atoms with van der Waals surface area (Å²) < 4.78 is 0. The average molecular weight is 159 g/mol. The summed E-state index contributed by atoms with van der Waals surface area (Å²) in [5.41, 5.74) is 8.00. The van der Waals surface area contributed by atoms with Crippen LogP contribution >= 0.6 is 0 Å². The summed E-state index contributed by atoms with van der Waals surface area (Å²) in [5.74, 6) is 0.280. The van der Waals surface area contributed by atoms with Crippen molar-refractivity contribution >= 4 is 5.91 Å². The highest BCUT2D eigenvalue weighted by Gasteiger charge is 2.06. The lowest BCUT2D eigenvalue weighted by Gasteiger charge is -2.13. The van der Waals surface area contributed by atoms with E-state index in [0.29, 0.717) is 13.0 Å². The first-order valence-electron chi connectivity index (χ1n) is 3.73. The Morgan fingerprint density at radius 3 is 2.55 bits per heavy atom. The zero-order valence-corrected chi connectivity index (χ0v) is 7.42. The number of nitrogens with one attached hydrogen (secondary N) is 1. The van der Waals surface area contributed by atoms with Gasteiger partial charge in [0.1, 0.15) is 0 Å². The zero-order valence-electron chi connectivity index (χ0n) is 7.42. The van der Waals surface area contributed by atoms with Crippen LogP contribution in [0.5, 0.6) is 0 Å². The maximum Gasteiger partial charge on any atom is 0.234 e. The number of amides is 1. The van der Waals surface area contributed by atoms with Crippen LogP contribution in [0.3, 0.4) is 0 Å². The van der Waals surface area contributed by atoms with Crippen molar-refractivity contribution in [2.75, 3.05) is 20.6 Å². The van der Waals surface area contributed by atoms with E-state index in [1.807, 2.05) is 6.92 Å². The Kier molecular flexibility index (Phi) is 4.81. The summed E-state index contributed by atoms with van der Waals surface area (Å²) in [4.78, 5) is 11.0. The predicted octanol–water partition coefficient (Wildman–Crippen LogP) is -0.436. The third kappa shape index (κ3) is 5.82. The third-order valence-electron chi connectivity index (χ3n) is 1.28. The molecule has 0 radical (unpaired) electrons. The molecule has 0 heterocycles. The number of nitrogens with two attached hydrogens (primary N) is 1. The van der Waals surface area contributed by atoms with Gasteiger partial charge in [-0.2, -0.15) is 0 Å². The highest BCUT2D eigenvalue weighted by Crippen LogP contribution is 1.97. The van der Waals surface area contributed by atoms with E-state index in [-0.39, 0.29) is 11.8 Å². The predicted molar refractivity (Wildman–Crippen MR) is 44.7 cm³/mol. The fraction of sp³-hybridized carbons (Fsp3) is 0.857. The lowest BCUT2D eigenvalue weighted by atomic mass is 10.1. The summed E-state index contributed by atoms with van der Waals surface area (Å²) in [6, 6.07) is 0. The van der Waals surface area contributed by atoms with Crippen molar-refractivity contribution in [2.45, 2.75) is 13.3 Å². The molecule has 3 N–H and O–H groups in total. The molecule has 1 atom stereocenters. The fourth-order valence-corrected chi connectivity index (χ4v) is 0.695. The van der Waals surface area contributed by atoms with Crippen molar-refractivity contribution in [2.24, 2.45) is 11.7 Å². The van der Waals surface area contributed by atoms with Crippen molar-refractivity contribution < 1.29 is 4.79 Å². The molecule has 0 spiro atoms. The number of rotatable bonds is 4. The van der Waals surface area contributed by atoms with Crippen molar-refractivity contribution in [3.8, 4) is 0 Å². The molecule has 0 saturated heterocycles. The molecular weight excluding hydrogens is 142 g/mol. The van der Waals surface area contributed by atoms with E-state index in [0.717, 1.165) is 0 Å². The molecule has 4 nitrogen and oxygen atoms in total. The molecule has 0 rings (SSSR count). The smallest absolute Gasteiger partial charge is 0.234 e. The zero-order chi connectivity index (χ0) is 8.85. The van der Waals surface area contributed by atoms with Gasteiger partial charge in [-0.1, -0.05) is 6.92 Å². The second-order valence-corrected chi connectivity index (χ2v) is 2.97. The van der Waals surface area contributed by atoms with E-state index in [1.54, 1.807) is 19.1 Å². The monoisotopic (exact) mass is 159 g/mol. The molecule has 0 bridgehead atoms. The number of carbonyl (C=O) groups is 1. The van der Waals surface area contributed by atoms with Gasteiger partial charge in [0.15, 0.2) is 0 Å². The Bertz CT molecular complexity index is 125. The van der Waals surface area contributed by atoms with Gasteiger partial charge in [-0.25, -0.2) is 5.01 Å². The van der Waals surface area contributed by atoms with Crippen LogP contribution in [0.2, 0.25) is 0 Å². The molecule has 1 amide bonds. The van der Waals surface area contributed by atoms with Gasteiger partial charge in [-0.05, 0) is 12.5 Å². The van der Waals surface area contributed by atoms with Crippen molar-refractivity contribution in [3.63, 3.8) is 0 Å². The van der Waals surface area contributed by atoms with Gasteiger partial charge < -0.3 is 5.73 Å². The van der Waals surface area contributed by atoms with Gasteiger partial charge in [0.2, 0.25) is 5.91 Å². The van der Waals surface area contributed by atoms with Crippen LogP contribution in [0.4, 0.5) is 0 Å². The van der Waals surface area contributed by atoms with Crippen LogP contribution in [0, 0.1) is 5.92 Å². The molecule has 0 aliphatic heterocycles. The van der Waals surface area contributed by atoms with Gasteiger partial charge in [0.05, 0.1) is 0 Å². The van der Waals surface area contributed by atoms with Crippen LogP contribution in [0.15, 0.2) is 0 Å². The summed E-state index contributed by atoms with van der Waals surface area (Å²) in [6.07, 6.45) is 0.495. The topological polar surface area (TPSA) is 58.4 Å². The second kappa shape index (κ2) is 5.09. The molecule has 4 heteroatoms. The molecule has 0 aromatic carbocycles. The van der Waals surface area contributed by atoms with Crippen LogP contribution in [-0.4, -0.2) is 31.6 Å². The van der Waals surface area contributed by atoms with E-state index in [1.165, 1.54) is 0 Å². The largest absolute Gasteiger partial charge is 0.330 e. The molecule has 1 unspecified atom stereocenters. The van der Waals surface area contributed by atoms with Crippen LogP contribution < -0.4 is 11.2 Å². The highest BCUT2D eigenvalue weighted by molar-refractivity contribution is 5.75. The highest BCUT2D eigenvalue weighted by atomic mass is 16.2. The minimum Gasteiger partial charge on any atom is -0.330 e. The molecule has 11 heavy (non-hydrogen) atoms. The summed E-state index contributed by atoms with van der Waals surface area (Å²) in [7, 11) is 3.57. The summed E-state index contributed by atoms with van der Waals surface area (Å²) >= 11 is 0. The second-order valence-electron chi connectivity index (χ2n) is 2.97. The molecular formula is C7H17N3O.